The summed E-state index contributed by atoms with van der Waals surface area (Å²) in [6.07, 6.45) is 4.31. The van der Waals surface area contributed by atoms with Gasteiger partial charge in [-0.1, -0.05) is 6.07 Å². The van der Waals surface area contributed by atoms with Crippen molar-refractivity contribution in [2.45, 2.75) is 38.3 Å². The normalized spacial score (nSPS) is 24.1. The summed E-state index contributed by atoms with van der Waals surface area (Å²) in [6, 6.07) is 6.88. The Morgan fingerprint density at radius 1 is 1.29 bits per heavy atom. The van der Waals surface area contributed by atoms with Crippen molar-refractivity contribution in [2.75, 3.05) is 13.1 Å². The Kier molecular flexibility index (Phi) is 3.91. The van der Waals surface area contributed by atoms with Crippen LogP contribution in [0.2, 0.25) is 0 Å². The molecule has 1 aliphatic heterocycles. The summed E-state index contributed by atoms with van der Waals surface area (Å²) in [5, 5.41) is 10.7. The van der Waals surface area contributed by atoms with Crippen LogP contribution >= 0.6 is 0 Å². The summed E-state index contributed by atoms with van der Waals surface area (Å²) in [7, 11) is 0. The monoisotopic (exact) mass is 288 g/mol. The first-order chi connectivity index (χ1) is 10.1. The first-order valence-corrected chi connectivity index (χ1v) is 7.52. The fourth-order valence-corrected chi connectivity index (χ4v) is 3.04. The van der Waals surface area contributed by atoms with Crippen LogP contribution in [0.4, 0.5) is 4.39 Å². The summed E-state index contributed by atoms with van der Waals surface area (Å²) >= 11 is 0. The van der Waals surface area contributed by atoms with Crippen LogP contribution in [0.25, 0.3) is 10.9 Å². The molecular formula is C17H21FN2O. The van der Waals surface area contributed by atoms with Crippen LogP contribution in [0.5, 0.6) is 0 Å². The number of rotatable bonds is 2. The molecule has 2 heterocycles. The van der Waals surface area contributed by atoms with Gasteiger partial charge in [0.2, 0.25) is 0 Å². The molecule has 4 heteroatoms. The van der Waals surface area contributed by atoms with E-state index in [2.05, 4.69) is 9.88 Å². The molecule has 3 nitrogen and oxygen atoms in total. The maximum atomic E-state index is 13.8. The Hall–Kier alpha value is -1.52. The minimum absolute atomic E-state index is 0.222. The predicted molar refractivity (Wildman–Crippen MR) is 81.5 cm³/mol. The van der Waals surface area contributed by atoms with Crippen LogP contribution in [-0.4, -0.2) is 33.7 Å². The van der Waals surface area contributed by atoms with E-state index in [9.17, 15) is 9.50 Å². The molecule has 0 spiro atoms. The smallest absolute Gasteiger partial charge is 0.132 e. The molecule has 1 fully saturated rings. The zero-order valence-corrected chi connectivity index (χ0v) is 12.3. The molecule has 3 rings (SSSR count). The average Bonchev–Trinajstić information content (AvgIpc) is 2.63. The van der Waals surface area contributed by atoms with Crippen molar-refractivity contribution in [1.82, 2.24) is 9.88 Å². The van der Waals surface area contributed by atoms with Crippen molar-refractivity contribution in [2.24, 2.45) is 0 Å². The van der Waals surface area contributed by atoms with Crippen molar-refractivity contribution in [3.8, 4) is 0 Å². The molecule has 1 unspecified atom stereocenters. The molecule has 1 aromatic carbocycles. The van der Waals surface area contributed by atoms with E-state index in [-0.39, 0.29) is 5.82 Å². The zero-order valence-electron chi connectivity index (χ0n) is 12.3. The second-order valence-corrected chi connectivity index (χ2v) is 6.23. The van der Waals surface area contributed by atoms with Gasteiger partial charge in [-0.2, -0.15) is 0 Å². The van der Waals surface area contributed by atoms with Crippen LogP contribution in [0.15, 0.2) is 30.5 Å². The van der Waals surface area contributed by atoms with Gasteiger partial charge in [0.05, 0.1) is 11.1 Å². The van der Waals surface area contributed by atoms with Crippen LogP contribution < -0.4 is 0 Å². The fourth-order valence-electron chi connectivity index (χ4n) is 3.04. The summed E-state index contributed by atoms with van der Waals surface area (Å²) in [5.74, 6) is -0.222. The number of benzene rings is 1. The Labute approximate surface area is 124 Å². The van der Waals surface area contributed by atoms with Gasteiger partial charge in [-0.3, -0.25) is 9.88 Å². The second-order valence-electron chi connectivity index (χ2n) is 6.23. The fraction of sp³-hybridized carbons (Fsp3) is 0.471. The van der Waals surface area contributed by atoms with E-state index in [1.165, 1.54) is 6.07 Å². The van der Waals surface area contributed by atoms with Crippen molar-refractivity contribution in [3.63, 3.8) is 0 Å². The lowest BCUT2D eigenvalue weighted by atomic mass is 9.98. The SMILES string of the molecule is CC1(O)CCCN(Cc2ccc(F)c3cccnc23)CC1. The minimum atomic E-state index is -0.558. The third kappa shape index (κ3) is 3.22. The molecule has 1 saturated heterocycles. The van der Waals surface area contributed by atoms with Gasteiger partial charge in [-0.05, 0) is 56.5 Å². The molecule has 1 N–H and O–H groups in total. The molecule has 0 aliphatic carbocycles. The topological polar surface area (TPSA) is 36.4 Å². The number of likely N-dealkylation sites (tertiary alicyclic amines) is 1. The van der Waals surface area contributed by atoms with Crippen molar-refractivity contribution >= 4 is 10.9 Å². The van der Waals surface area contributed by atoms with Gasteiger partial charge in [-0.15, -0.1) is 0 Å². The summed E-state index contributed by atoms with van der Waals surface area (Å²) < 4.78 is 13.8. The van der Waals surface area contributed by atoms with E-state index in [0.29, 0.717) is 5.39 Å². The molecule has 0 saturated carbocycles. The summed E-state index contributed by atoms with van der Waals surface area (Å²) in [6.45, 7) is 4.48. The first-order valence-electron chi connectivity index (χ1n) is 7.52. The van der Waals surface area contributed by atoms with Gasteiger partial charge >= 0.3 is 0 Å². The van der Waals surface area contributed by atoms with E-state index in [1.807, 2.05) is 13.0 Å². The molecule has 1 aliphatic rings. The van der Waals surface area contributed by atoms with Crippen LogP contribution in [0.1, 0.15) is 31.7 Å². The number of nitrogens with zero attached hydrogens (tertiary/aromatic N) is 2. The number of hydrogen-bond acceptors (Lipinski definition) is 3. The Morgan fingerprint density at radius 3 is 3.00 bits per heavy atom. The van der Waals surface area contributed by atoms with E-state index < -0.39 is 5.60 Å². The number of aromatic nitrogens is 1. The molecule has 2 aromatic rings. The van der Waals surface area contributed by atoms with Crippen molar-refractivity contribution < 1.29 is 9.50 Å². The lowest BCUT2D eigenvalue weighted by molar-refractivity contribution is 0.0444. The Balaban J connectivity index is 1.84. The maximum absolute atomic E-state index is 13.8. The van der Waals surface area contributed by atoms with E-state index in [4.69, 9.17) is 0 Å². The van der Waals surface area contributed by atoms with Gasteiger partial charge in [-0.25, -0.2) is 4.39 Å². The van der Waals surface area contributed by atoms with Gasteiger partial charge in [0.1, 0.15) is 5.82 Å². The molecule has 1 atom stereocenters. The number of aliphatic hydroxyl groups is 1. The highest BCUT2D eigenvalue weighted by Crippen LogP contribution is 2.25. The third-order valence-corrected chi connectivity index (χ3v) is 4.35. The molecular weight excluding hydrogens is 267 g/mol. The van der Waals surface area contributed by atoms with E-state index >= 15 is 0 Å². The minimum Gasteiger partial charge on any atom is -0.390 e. The van der Waals surface area contributed by atoms with Crippen LogP contribution in [0, 0.1) is 5.82 Å². The highest BCUT2D eigenvalue weighted by atomic mass is 19.1. The summed E-state index contributed by atoms with van der Waals surface area (Å²) in [5.41, 5.74) is 1.24. The van der Waals surface area contributed by atoms with Crippen LogP contribution in [-0.2, 0) is 6.54 Å². The summed E-state index contributed by atoms with van der Waals surface area (Å²) in [4.78, 5) is 6.67. The van der Waals surface area contributed by atoms with Crippen LogP contribution in [0.3, 0.4) is 0 Å². The van der Waals surface area contributed by atoms with Gasteiger partial charge < -0.3 is 5.11 Å². The second kappa shape index (κ2) is 5.70. The van der Waals surface area contributed by atoms with Crippen molar-refractivity contribution in [1.29, 1.82) is 0 Å². The Bertz CT molecular complexity index is 642. The number of pyridine rings is 1. The largest absolute Gasteiger partial charge is 0.390 e. The molecule has 1 aromatic heterocycles. The Morgan fingerprint density at radius 2 is 2.14 bits per heavy atom. The molecule has 0 amide bonds. The standard InChI is InChI=1S/C17H21FN2O/c1-17(21)7-3-10-20(11-8-17)12-13-5-6-15(18)14-4-2-9-19-16(13)14/h2,4-6,9,21H,3,7-8,10-12H2,1H3. The van der Waals surface area contributed by atoms with Gasteiger partial charge in [0.15, 0.2) is 0 Å². The molecule has 0 bridgehead atoms. The van der Waals surface area contributed by atoms with E-state index in [0.717, 1.165) is 50.0 Å². The van der Waals surface area contributed by atoms with Gasteiger partial charge in [0.25, 0.3) is 0 Å². The van der Waals surface area contributed by atoms with Crippen molar-refractivity contribution in [3.05, 3.63) is 41.8 Å². The number of fused-ring (bicyclic) bond motifs is 1. The quantitative estimate of drug-likeness (QED) is 0.922. The highest BCUT2D eigenvalue weighted by Gasteiger charge is 2.25. The predicted octanol–water partition coefficient (Wildman–Crippen LogP) is 3.11. The first kappa shape index (κ1) is 14.4. The molecule has 21 heavy (non-hydrogen) atoms. The third-order valence-electron chi connectivity index (χ3n) is 4.35. The lowest BCUT2D eigenvalue weighted by Crippen LogP contribution is -2.28. The van der Waals surface area contributed by atoms with Gasteiger partial charge in [0, 0.05) is 24.7 Å². The lowest BCUT2D eigenvalue weighted by Gasteiger charge is -2.22. The number of halogens is 1. The number of hydrogen-bond donors (Lipinski definition) is 1. The average molecular weight is 288 g/mol. The highest BCUT2D eigenvalue weighted by molar-refractivity contribution is 5.82. The zero-order chi connectivity index (χ0) is 14.9. The molecule has 112 valence electrons. The maximum Gasteiger partial charge on any atom is 0.132 e. The molecule has 0 radical (unpaired) electrons. The van der Waals surface area contributed by atoms with E-state index in [1.54, 1.807) is 18.3 Å².